The van der Waals surface area contributed by atoms with E-state index in [4.69, 9.17) is 27.9 Å². The van der Waals surface area contributed by atoms with Crippen LogP contribution in [0.1, 0.15) is 12.5 Å². The zero-order valence-electron chi connectivity index (χ0n) is 13.1. The summed E-state index contributed by atoms with van der Waals surface area (Å²) < 4.78 is 31.5. The maximum Gasteiger partial charge on any atom is 0.267 e. The van der Waals surface area contributed by atoms with Crippen molar-refractivity contribution < 1.29 is 22.7 Å². The third kappa shape index (κ3) is 5.85. The van der Waals surface area contributed by atoms with Gasteiger partial charge >= 0.3 is 0 Å². The van der Waals surface area contributed by atoms with Gasteiger partial charge in [0.15, 0.2) is 0 Å². The van der Waals surface area contributed by atoms with E-state index in [1.807, 2.05) is 4.72 Å². The summed E-state index contributed by atoms with van der Waals surface area (Å²) in [6, 6.07) is 4.28. The van der Waals surface area contributed by atoms with Crippen LogP contribution in [0.15, 0.2) is 23.1 Å². The molecule has 7 nitrogen and oxygen atoms in total. The number of halogens is 2. The molecule has 24 heavy (non-hydrogen) atoms. The molecule has 134 valence electrons. The van der Waals surface area contributed by atoms with Crippen LogP contribution < -0.4 is 14.8 Å². The van der Waals surface area contributed by atoms with Crippen LogP contribution in [0.2, 0.25) is 0 Å². The molecule has 10 heteroatoms. The van der Waals surface area contributed by atoms with E-state index >= 15 is 0 Å². The number of carbonyl (C=O) groups excluding carboxylic acids is 2. The first-order valence-corrected chi connectivity index (χ1v) is 9.42. The first kappa shape index (κ1) is 20.5. The molecule has 0 unspecified atom stereocenters. The molecule has 0 bridgehead atoms. The zero-order valence-corrected chi connectivity index (χ0v) is 15.5. The van der Waals surface area contributed by atoms with Crippen molar-refractivity contribution in [2.75, 3.05) is 18.9 Å². The minimum Gasteiger partial charge on any atom is -0.495 e. The molecule has 1 aromatic rings. The van der Waals surface area contributed by atoms with Crippen LogP contribution in [0.4, 0.5) is 0 Å². The topological polar surface area (TPSA) is 102 Å². The fraction of sp³-hybridized carbons (Fsp3) is 0.429. The molecule has 2 N–H and O–H groups in total. The molecule has 0 aliphatic heterocycles. The van der Waals surface area contributed by atoms with Gasteiger partial charge in [0.2, 0.25) is 11.8 Å². The number of benzene rings is 1. The Morgan fingerprint density at radius 1 is 1.21 bits per heavy atom. The summed E-state index contributed by atoms with van der Waals surface area (Å²) in [5, 5.41) is 2.67. The Hall–Kier alpha value is -1.51. The van der Waals surface area contributed by atoms with Gasteiger partial charge in [0, 0.05) is 6.04 Å². The fourth-order valence-electron chi connectivity index (χ4n) is 2.01. The lowest BCUT2D eigenvalue weighted by Gasteiger charge is -2.15. The van der Waals surface area contributed by atoms with E-state index in [0.717, 1.165) is 0 Å². The van der Waals surface area contributed by atoms with E-state index in [-0.39, 0.29) is 28.5 Å². The molecule has 1 aromatic carbocycles. The molecule has 0 spiro atoms. The maximum absolute atomic E-state index is 12.3. The number of sulfonamides is 1. The Morgan fingerprint density at radius 3 is 2.38 bits per heavy atom. The van der Waals surface area contributed by atoms with E-state index < -0.39 is 21.8 Å². The first-order valence-electron chi connectivity index (χ1n) is 6.87. The lowest BCUT2D eigenvalue weighted by Crippen LogP contribution is -2.35. The summed E-state index contributed by atoms with van der Waals surface area (Å²) in [6.45, 7) is 1.76. The summed E-state index contributed by atoms with van der Waals surface area (Å²) in [5.74, 6) is -1.71. The molecule has 0 aliphatic carbocycles. The van der Waals surface area contributed by atoms with Crippen molar-refractivity contribution >= 4 is 45.0 Å². The van der Waals surface area contributed by atoms with E-state index in [1.54, 1.807) is 13.0 Å². The van der Waals surface area contributed by atoms with Gasteiger partial charge in [-0.05, 0) is 31.0 Å². The van der Waals surface area contributed by atoms with Gasteiger partial charge in [-0.3, -0.25) is 9.59 Å². The fourth-order valence-corrected chi connectivity index (χ4v) is 3.44. The zero-order chi connectivity index (χ0) is 18.3. The molecule has 0 fully saturated rings. The molecule has 1 rings (SSSR count). The Kier molecular flexibility index (Phi) is 7.78. The lowest BCUT2D eigenvalue weighted by molar-refractivity contribution is -0.119. The van der Waals surface area contributed by atoms with E-state index in [9.17, 15) is 18.0 Å². The van der Waals surface area contributed by atoms with Gasteiger partial charge in [0.05, 0.1) is 7.11 Å². The van der Waals surface area contributed by atoms with Gasteiger partial charge in [-0.2, -0.15) is 0 Å². The molecular formula is C14H18Cl2N2O5S. The molecule has 1 atom stereocenters. The smallest absolute Gasteiger partial charge is 0.267 e. The monoisotopic (exact) mass is 396 g/mol. The molecule has 0 aromatic heterocycles. The Bertz CT molecular complexity index is 709. The average molecular weight is 397 g/mol. The molecule has 0 saturated heterocycles. The van der Waals surface area contributed by atoms with E-state index in [1.165, 1.54) is 19.2 Å². The number of amides is 2. The minimum absolute atomic E-state index is 0.0890. The van der Waals surface area contributed by atoms with Gasteiger partial charge in [0.25, 0.3) is 10.0 Å². The van der Waals surface area contributed by atoms with Crippen LogP contribution >= 0.6 is 23.2 Å². The molecule has 0 heterocycles. The van der Waals surface area contributed by atoms with Gasteiger partial charge in [-0.15, -0.1) is 23.2 Å². The van der Waals surface area contributed by atoms with Crippen molar-refractivity contribution in [1.82, 2.24) is 10.0 Å². The number of rotatable bonds is 8. The van der Waals surface area contributed by atoms with Gasteiger partial charge in [0.1, 0.15) is 22.4 Å². The van der Waals surface area contributed by atoms with Crippen LogP contribution in [0.5, 0.6) is 5.75 Å². The van der Waals surface area contributed by atoms with Crippen LogP contribution in [0, 0.1) is 0 Å². The predicted molar refractivity (Wildman–Crippen MR) is 91.1 cm³/mol. The second-order valence-corrected chi connectivity index (χ2v) is 7.14. The highest BCUT2D eigenvalue weighted by Crippen LogP contribution is 2.25. The van der Waals surface area contributed by atoms with Crippen molar-refractivity contribution in [3.63, 3.8) is 0 Å². The van der Waals surface area contributed by atoms with E-state index in [2.05, 4.69) is 5.32 Å². The van der Waals surface area contributed by atoms with Crippen molar-refractivity contribution in [2.45, 2.75) is 24.3 Å². The Balaban J connectivity index is 3.08. The lowest BCUT2D eigenvalue weighted by atomic mass is 10.1. The summed E-state index contributed by atoms with van der Waals surface area (Å²) in [7, 11) is -2.80. The summed E-state index contributed by atoms with van der Waals surface area (Å²) >= 11 is 10.7. The second kappa shape index (κ2) is 9.10. The number of hydrogen-bond donors (Lipinski definition) is 2. The Morgan fingerprint density at radius 2 is 1.83 bits per heavy atom. The van der Waals surface area contributed by atoms with Gasteiger partial charge < -0.3 is 10.1 Å². The van der Waals surface area contributed by atoms with Gasteiger partial charge in [-0.1, -0.05) is 6.07 Å². The third-order valence-electron chi connectivity index (χ3n) is 2.96. The second-order valence-electron chi connectivity index (χ2n) is 4.95. The molecule has 0 saturated carbocycles. The SMILES string of the molecule is COc1ccc(C[C@@H](C)NC(=O)CCl)cc1S(=O)(=O)NC(=O)CCl. The molecule has 2 amide bonds. The number of alkyl halides is 2. The van der Waals surface area contributed by atoms with Crippen LogP contribution in [0.25, 0.3) is 0 Å². The largest absolute Gasteiger partial charge is 0.495 e. The van der Waals surface area contributed by atoms with E-state index in [0.29, 0.717) is 12.0 Å². The minimum atomic E-state index is -4.12. The van der Waals surface area contributed by atoms with Gasteiger partial charge in [-0.25, -0.2) is 13.1 Å². The summed E-state index contributed by atoms with van der Waals surface area (Å²) in [6.07, 6.45) is 0.374. The highest BCUT2D eigenvalue weighted by molar-refractivity contribution is 7.90. The highest BCUT2D eigenvalue weighted by atomic mass is 35.5. The van der Waals surface area contributed by atoms with Crippen molar-refractivity contribution in [3.8, 4) is 5.75 Å². The molecule has 0 radical (unpaired) electrons. The maximum atomic E-state index is 12.3. The number of methoxy groups -OCH3 is 1. The Labute approximate surface area is 150 Å². The standard InChI is InChI=1S/C14H18Cl2N2O5S/c1-9(17-13(19)7-15)5-10-3-4-11(23-2)12(6-10)24(21,22)18-14(20)8-16/h3-4,6,9H,5,7-8H2,1-2H3,(H,17,19)(H,18,20)/t9-/m1/s1. The van der Waals surface area contributed by atoms with Crippen LogP contribution in [-0.2, 0) is 26.0 Å². The number of carbonyl (C=O) groups is 2. The summed E-state index contributed by atoms with van der Waals surface area (Å²) in [4.78, 5) is 22.4. The molecular weight excluding hydrogens is 379 g/mol. The average Bonchev–Trinajstić information content (AvgIpc) is 2.53. The number of hydrogen-bond acceptors (Lipinski definition) is 5. The summed E-state index contributed by atoms with van der Waals surface area (Å²) in [5.41, 5.74) is 0.636. The van der Waals surface area contributed by atoms with Crippen molar-refractivity contribution in [3.05, 3.63) is 23.8 Å². The first-order chi connectivity index (χ1) is 11.2. The van der Waals surface area contributed by atoms with Crippen molar-refractivity contribution in [2.24, 2.45) is 0 Å². The van der Waals surface area contributed by atoms with Crippen LogP contribution in [0.3, 0.4) is 0 Å². The number of nitrogens with one attached hydrogen (secondary N) is 2. The quantitative estimate of drug-likeness (QED) is 0.638. The highest BCUT2D eigenvalue weighted by Gasteiger charge is 2.22. The normalized spacial score (nSPS) is 12.3. The van der Waals surface area contributed by atoms with Crippen molar-refractivity contribution in [1.29, 1.82) is 0 Å². The molecule has 0 aliphatic rings. The number of ether oxygens (including phenoxy) is 1. The third-order valence-corrected chi connectivity index (χ3v) is 4.84. The van der Waals surface area contributed by atoms with Crippen LogP contribution in [-0.4, -0.2) is 45.1 Å². The predicted octanol–water partition coefficient (Wildman–Crippen LogP) is 1.02.